The number of halogens is 2. The van der Waals surface area contributed by atoms with E-state index in [2.05, 4.69) is 10.1 Å². The molecule has 0 saturated carbocycles. The maximum atomic E-state index is 13.5. The van der Waals surface area contributed by atoms with E-state index in [1.54, 1.807) is 13.0 Å². The second-order valence-electron chi connectivity index (χ2n) is 3.55. The number of carbonyl (C=O) groups excluding carboxylic acids is 1. The van der Waals surface area contributed by atoms with Crippen LogP contribution in [0.25, 0.3) is 0 Å². The van der Waals surface area contributed by atoms with Crippen molar-refractivity contribution in [1.29, 1.82) is 5.26 Å². The predicted molar refractivity (Wildman–Crippen MR) is 60.9 cm³/mol. The van der Waals surface area contributed by atoms with Gasteiger partial charge >= 0.3 is 0 Å². The topological polar surface area (TPSA) is 62.1 Å². The fourth-order valence-electron chi connectivity index (χ4n) is 1.34. The molecule has 0 radical (unpaired) electrons. The molecule has 1 rings (SSSR count). The summed E-state index contributed by atoms with van der Waals surface area (Å²) >= 11 is 0. The highest BCUT2D eigenvalue weighted by molar-refractivity contribution is 5.94. The second-order valence-corrected chi connectivity index (χ2v) is 3.55. The molecule has 1 N–H and O–H groups in total. The lowest BCUT2D eigenvalue weighted by Gasteiger charge is -2.10. The van der Waals surface area contributed by atoms with Crippen molar-refractivity contribution in [3.63, 3.8) is 0 Å². The number of anilines is 1. The molecule has 6 heteroatoms. The zero-order valence-electron chi connectivity index (χ0n) is 9.96. The highest BCUT2D eigenvalue weighted by atomic mass is 19.1. The van der Waals surface area contributed by atoms with E-state index in [1.165, 1.54) is 7.11 Å². The van der Waals surface area contributed by atoms with Crippen molar-refractivity contribution in [2.75, 3.05) is 12.4 Å². The first-order valence-corrected chi connectivity index (χ1v) is 5.27. The number of nitriles is 1. The minimum Gasteiger partial charge on any atom is -0.494 e. The molecule has 0 spiro atoms. The van der Waals surface area contributed by atoms with Crippen LogP contribution in [-0.4, -0.2) is 13.0 Å². The van der Waals surface area contributed by atoms with Gasteiger partial charge in [0.25, 0.3) is 0 Å². The van der Waals surface area contributed by atoms with E-state index in [9.17, 15) is 13.6 Å². The number of amides is 1. The average molecular weight is 254 g/mol. The largest absolute Gasteiger partial charge is 0.494 e. The van der Waals surface area contributed by atoms with Crippen molar-refractivity contribution in [1.82, 2.24) is 0 Å². The molecule has 0 aliphatic carbocycles. The van der Waals surface area contributed by atoms with Crippen LogP contribution in [0.5, 0.6) is 5.75 Å². The van der Waals surface area contributed by atoms with Gasteiger partial charge in [0, 0.05) is 12.1 Å². The number of nitrogens with zero attached hydrogens (tertiary/aromatic N) is 1. The third-order valence-electron chi connectivity index (χ3n) is 2.38. The minimum atomic E-state index is -0.894. The monoisotopic (exact) mass is 254 g/mol. The lowest BCUT2D eigenvalue weighted by Crippen LogP contribution is -2.21. The summed E-state index contributed by atoms with van der Waals surface area (Å²) in [5.74, 6) is -3.43. The van der Waals surface area contributed by atoms with Crippen LogP contribution in [0.1, 0.15) is 13.3 Å². The Labute approximate surface area is 103 Å². The number of hydrogen-bond donors (Lipinski definition) is 1. The Bertz CT molecular complexity index is 498. The molecule has 0 aliphatic rings. The summed E-state index contributed by atoms with van der Waals surface area (Å²) in [6.45, 7) is 1.65. The molecule has 0 saturated heterocycles. The van der Waals surface area contributed by atoms with Gasteiger partial charge in [-0.05, 0) is 6.42 Å². The van der Waals surface area contributed by atoms with Gasteiger partial charge in [0.05, 0.1) is 18.9 Å². The molecule has 0 fully saturated rings. The summed E-state index contributed by atoms with van der Waals surface area (Å²) < 4.78 is 31.4. The Balaban J connectivity index is 2.96. The van der Waals surface area contributed by atoms with Crippen LogP contribution < -0.4 is 10.1 Å². The van der Waals surface area contributed by atoms with Crippen molar-refractivity contribution >= 4 is 11.6 Å². The molecule has 96 valence electrons. The Morgan fingerprint density at radius 1 is 1.50 bits per heavy atom. The SMILES string of the molecule is CCC(C#N)C(=O)Nc1cc(F)c(OC)cc1F. The normalized spacial score (nSPS) is 11.5. The number of hydrogen-bond acceptors (Lipinski definition) is 3. The molecule has 4 nitrogen and oxygen atoms in total. The van der Waals surface area contributed by atoms with Crippen molar-refractivity contribution in [2.45, 2.75) is 13.3 Å². The van der Waals surface area contributed by atoms with E-state index in [0.29, 0.717) is 6.42 Å². The van der Waals surface area contributed by atoms with Crippen LogP contribution in [0.4, 0.5) is 14.5 Å². The quantitative estimate of drug-likeness (QED) is 0.897. The Kier molecular flexibility index (Phi) is 4.60. The molecule has 1 unspecified atom stereocenters. The molecule has 1 aromatic carbocycles. The van der Waals surface area contributed by atoms with Crippen LogP contribution in [0.2, 0.25) is 0 Å². The maximum Gasteiger partial charge on any atom is 0.241 e. The summed E-state index contributed by atoms with van der Waals surface area (Å²) in [5.41, 5.74) is -0.313. The summed E-state index contributed by atoms with van der Waals surface area (Å²) in [6.07, 6.45) is 0.294. The summed E-state index contributed by atoms with van der Waals surface area (Å²) in [7, 11) is 1.21. The van der Waals surface area contributed by atoms with Crippen molar-refractivity contribution in [3.8, 4) is 11.8 Å². The molecule has 0 bridgehead atoms. The Morgan fingerprint density at radius 3 is 2.67 bits per heavy atom. The van der Waals surface area contributed by atoms with Crippen molar-refractivity contribution in [3.05, 3.63) is 23.8 Å². The van der Waals surface area contributed by atoms with Gasteiger partial charge in [0.1, 0.15) is 5.92 Å². The first kappa shape index (κ1) is 13.9. The molecule has 0 aliphatic heterocycles. The van der Waals surface area contributed by atoms with E-state index >= 15 is 0 Å². The molecular formula is C12H12F2N2O2. The lowest BCUT2D eigenvalue weighted by atomic mass is 10.1. The van der Waals surface area contributed by atoms with Crippen LogP contribution >= 0.6 is 0 Å². The third-order valence-corrected chi connectivity index (χ3v) is 2.38. The van der Waals surface area contributed by atoms with Crippen molar-refractivity contribution in [2.24, 2.45) is 5.92 Å². The van der Waals surface area contributed by atoms with Crippen LogP contribution in [0.15, 0.2) is 12.1 Å². The van der Waals surface area contributed by atoms with E-state index in [1.807, 2.05) is 0 Å². The average Bonchev–Trinajstić information content (AvgIpc) is 2.34. The van der Waals surface area contributed by atoms with E-state index in [-0.39, 0.29) is 11.4 Å². The van der Waals surface area contributed by atoms with Gasteiger partial charge in [-0.3, -0.25) is 4.79 Å². The number of carbonyl (C=O) groups is 1. The van der Waals surface area contributed by atoms with E-state index in [4.69, 9.17) is 5.26 Å². The number of rotatable bonds is 4. The highest BCUT2D eigenvalue weighted by Gasteiger charge is 2.18. The van der Waals surface area contributed by atoms with Gasteiger partial charge in [-0.1, -0.05) is 6.92 Å². The van der Waals surface area contributed by atoms with E-state index in [0.717, 1.165) is 12.1 Å². The zero-order chi connectivity index (χ0) is 13.7. The predicted octanol–water partition coefficient (Wildman–Crippen LogP) is 2.46. The fraction of sp³-hybridized carbons (Fsp3) is 0.333. The Hall–Kier alpha value is -2.16. The molecule has 1 aromatic rings. The van der Waals surface area contributed by atoms with Crippen molar-refractivity contribution < 1.29 is 18.3 Å². The van der Waals surface area contributed by atoms with E-state index < -0.39 is 23.5 Å². The lowest BCUT2D eigenvalue weighted by molar-refractivity contribution is -0.118. The second kappa shape index (κ2) is 5.96. The molecular weight excluding hydrogens is 242 g/mol. The fourth-order valence-corrected chi connectivity index (χ4v) is 1.34. The van der Waals surface area contributed by atoms with Gasteiger partial charge in [-0.15, -0.1) is 0 Å². The standard InChI is InChI=1S/C12H12F2N2O2/c1-3-7(6-15)12(17)16-10-4-9(14)11(18-2)5-8(10)13/h4-5,7H,3H2,1-2H3,(H,16,17). The third kappa shape index (κ3) is 2.94. The zero-order valence-corrected chi connectivity index (χ0v) is 9.96. The van der Waals surface area contributed by atoms with Crippen LogP contribution in [0.3, 0.4) is 0 Å². The molecule has 18 heavy (non-hydrogen) atoms. The van der Waals surface area contributed by atoms with Gasteiger partial charge in [0.2, 0.25) is 5.91 Å². The number of ether oxygens (including phenoxy) is 1. The first-order valence-electron chi connectivity index (χ1n) is 5.27. The number of methoxy groups -OCH3 is 1. The smallest absolute Gasteiger partial charge is 0.241 e. The van der Waals surface area contributed by atoms with Gasteiger partial charge in [0.15, 0.2) is 17.4 Å². The summed E-state index contributed by atoms with van der Waals surface area (Å²) in [6, 6.07) is 3.42. The van der Waals surface area contributed by atoms with Gasteiger partial charge in [-0.25, -0.2) is 8.78 Å². The molecule has 1 atom stereocenters. The highest BCUT2D eigenvalue weighted by Crippen LogP contribution is 2.25. The van der Waals surface area contributed by atoms with Crippen LogP contribution in [0, 0.1) is 28.9 Å². The van der Waals surface area contributed by atoms with Crippen LogP contribution in [-0.2, 0) is 4.79 Å². The molecule has 0 aromatic heterocycles. The first-order chi connectivity index (χ1) is 8.53. The molecule has 1 amide bonds. The molecule has 0 heterocycles. The van der Waals surface area contributed by atoms with Gasteiger partial charge in [-0.2, -0.15) is 5.26 Å². The van der Waals surface area contributed by atoms with Gasteiger partial charge < -0.3 is 10.1 Å². The number of benzene rings is 1. The number of nitrogens with one attached hydrogen (secondary N) is 1. The minimum absolute atomic E-state index is 0.252. The summed E-state index contributed by atoms with van der Waals surface area (Å²) in [5, 5.41) is 10.9. The maximum absolute atomic E-state index is 13.5. The summed E-state index contributed by atoms with van der Waals surface area (Å²) in [4.78, 5) is 11.5. The Morgan fingerprint density at radius 2 is 2.17 bits per heavy atom.